The van der Waals surface area contributed by atoms with E-state index in [1.807, 2.05) is 0 Å². The largest absolute Gasteiger partial charge is 0.478 e. The van der Waals surface area contributed by atoms with Crippen LogP contribution >= 0.6 is 11.8 Å². The second kappa shape index (κ2) is 6.95. The van der Waals surface area contributed by atoms with Crippen LogP contribution in [0.15, 0.2) is 29.2 Å². The average Bonchev–Trinajstić information content (AvgIpc) is 3.16. The van der Waals surface area contributed by atoms with Crippen LogP contribution in [0.3, 0.4) is 0 Å². The van der Waals surface area contributed by atoms with Gasteiger partial charge in [-0.3, -0.25) is 4.79 Å². The number of fused-ring (bicyclic) bond motifs is 2. The van der Waals surface area contributed by atoms with Gasteiger partial charge >= 0.3 is 5.97 Å². The minimum Gasteiger partial charge on any atom is -0.478 e. The highest BCUT2D eigenvalue weighted by atomic mass is 32.2. The van der Waals surface area contributed by atoms with Crippen LogP contribution in [-0.4, -0.2) is 28.8 Å². The second-order valence-electron chi connectivity index (χ2n) is 6.78. The standard InChI is InChI=1S/C18H23NO3S/c1-11(15-9-12-6-7-13(15)8-12)19-17(20)10-23-16-5-3-2-4-14(16)18(21)22/h2-5,11-13,15H,6-10H2,1H3,(H,19,20)(H,21,22)/t11-,12-,13-,15-/m1/s1. The summed E-state index contributed by atoms with van der Waals surface area (Å²) >= 11 is 1.29. The van der Waals surface area contributed by atoms with Gasteiger partial charge in [0.05, 0.1) is 11.3 Å². The molecule has 2 saturated carbocycles. The number of carboxylic acid groups (broad SMARTS) is 1. The molecule has 1 aromatic carbocycles. The first-order chi connectivity index (χ1) is 11.0. The zero-order chi connectivity index (χ0) is 16.4. The van der Waals surface area contributed by atoms with Crippen molar-refractivity contribution in [3.05, 3.63) is 29.8 Å². The first-order valence-electron chi connectivity index (χ1n) is 8.29. The Bertz CT molecular complexity index is 604. The molecule has 0 radical (unpaired) electrons. The summed E-state index contributed by atoms with van der Waals surface area (Å²) in [4.78, 5) is 24.0. The lowest BCUT2D eigenvalue weighted by Crippen LogP contribution is -2.40. The predicted molar refractivity (Wildman–Crippen MR) is 90.7 cm³/mol. The second-order valence-corrected chi connectivity index (χ2v) is 7.80. The van der Waals surface area contributed by atoms with Gasteiger partial charge in [-0.25, -0.2) is 4.79 Å². The number of amides is 1. The van der Waals surface area contributed by atoms with Crippen LogP contribution in [0, 0.1) is 17.8 Å². The van der Waals surface area contributed by atoms with Gasteiger partial charge in [0.15, 0.2) is 0 Å². The summed E-state index contributed by atoms with van der Waals surface area (Å²) in [7, 11) is 0. The lowest BCUT2D eigenvalue weighted by Gasteiger charge is -2.28. The molecule has 2 aliphatic carbocycles. The molecule has 0 aromatic heterocycles. The van der Waals surface area contributed by atoms with Crippen LogP contribution in [0.1, 0.15) is 43.0 Å². The molecular weight excluding hydrogens is 310 g/mol. The molecule has 4 atom stereocenters. The molecule has 2 N–H and O–H groups in total. The van der Waals surface area contributed by atoms with Crippen molar-refractivity contribution in [1.82, 2.24) is 5.32 Å². The molecule has 5 heteroatoms. The van der Waals surface area contributed by atoms with Crippen LogP contribution in [0.4, 0.5) is 0 Å². The van der Waals surface area contributed by atoms with Crippen molar-refractivity contribution in [2.24, 2.45) is 17.8 Å². The number of carbonyl (C=O) groups excluding carboxylic acids is 1. The molecule has 3 rings (SSSR count). The zero-order valence-corrected chi connectivity index (χ0v) is 14.1. The van der Waals surface area contributed by atoms with Gasteiger partial charge in [0, 0.05) is 10.9 Å². The van der Waals surface area contributed by atoms with E-state index < -0.39 is 5.97 Å². The number of aromatic carboxylic acids is 1. The molecule has 23 heavy (non-hydrogen) atoms. The van der Waals surface area contributed by atoms with Crippen molar-refractivity contribution in [2.45, 2.75) is 43.5 Å². The highest BCUT2D eigenvalue weighted by molar-refractivity contribution is 8.00. The predicted octanol–water partition coefficient (Wildman–Crippen LogP) is 3.42. The molecular formula is C18H23NO3S. The Hall–Kier alpha value is -1.49. The van der Waals surface area contributed by atoms with Crippen LogP contribution in [-0.2, 0) is 4.79 Å². The van der Waals surface area contributed by atoms with E-state index in [4.69, 9.17) is 5.11 Å². The third-order valence-corrected chi connectivity index (χ3v) is 6.37. The smallest absolute Gasteiger partial charge is 0.336 e. The number of carboxylic acids is 1. The Balaban J connectivity index is 1.51. The van der Waals surface area contributed by atoms with Crippen LogP contribution in [0.25, 0.3) is 0 Å². The van der Waals surface area contributed by atoms with Gasteiger partial charge in [-0.05, 0) is 56.1 Å². The summed E-state index contributed by atoms with van der Waals surface area (Å²) in [5.74, 6) is 1.58. The number of carbonyl (C=O) groups is 2. The summed E-state index contributed by atoms with van der Waals surface area (Å²) in [6.45, 7) is 2.11. The van der Waals surface area contributed by atoms with Gasteiger partial charge < -0.3 is 10.4 Å². The average molecular weight is 333 g/mol. The van der Waals surface area contributed by atoms with E-state index in [-0.39, 0.29) is 23.3 Å². The monoisotopic (exact) mass is 333 g/mol. The maximum atomic E-state index is 12.2. The first-order valence-corrected chi connectivity index (χ1v) is 9.27. The Labute approximate surface area is 141 Å². The molecule has 124 valence electrons. The molecule has 1 aromatic rings. The number of rotatable bonds is 6. The van der Waals surface area contributed by atoms with Crippen LogP contribution in [0.5, 0.6) is 0 Å². The van der Waals surface area contributed by atoms with E-state index in [9.17, 15) is 9.59 Å². The van der Waals surface area contributed by atoms with Crippen LogP contribution in [0.2, 0.25) is 0 Å². The van der Waals surface area contributed by atoms with Crippen molar-refractivity contribution in [3.8, 4) is 0 Å². The normalized spacial score (nSPS) is 26.9. The molecule has 0 saturated heterocycles. The fourth-order valence-electron chi connectivity index (χ4n) is 4.22. The number of thioether (sulfide) groups is 1. The minimum absolute atomic E-state index is 0.00883. The quantitative estimate of drug-likeness (QED) is 0.783. The maximum absolute atomic E-state index is 12.2. The van der Waals surface area contributed by atoms with Gasteiger partial charge in [-0.1, -0.05) is 18.6 Å². The SMILES string of the molecule is C[C@@H](NC(=O)CSc1ccccc1C(=O)O)[C@H]1C[C@@H]2CC[C@@H]1C2. The number of hydrogen-bond acceptors (Lipinski definition) is 3. The van der Waals surface area contributed by atoms with E-state index in [1.54, 1.807) is 24.3 Å². The summed E-state index contributed by atoms with van der Waals surface area (Å²) in [6.07, 6.45) is 5.27. The minimum atomic E-state index is -0.955. The number of hydrogen-bond donors (Lipinski definition) is 2. The lowest BCUT2D eigenvalue weighted by atomic mass is 9.84. The van der Waals surface area contributed by atoms with Gasteiger partial charge in [-0.15, -0.1) is 11.8 Å². The molecule has 1 amide bonds. The highest BCUT2D eigenvalue weighted by Gasteiger charge is 2.42. The third-order valence-electron chi connectivity index (χ3n) is 5.30. The first kappa shape index (κ1) is 16.4. The maximum Gasteiger partial charge on any atom is 0.336 e. The summed E-state index contributed by atoms with van der Waals surface area (Å²) in [5.41, 5.74) is 0.256. The van der Waals surface area contributed by atoms with Crippen molar-refractivity contribution < 1.29 is 14.7 Å². The fourth-order valence-corrected chi connectivity index (χ4v) is 5.08. The van der Waals surface area contributed by atoms with E-state index in [1.165, 1.54) is 37.4 Å². The Kier molecular flexibility index (Phi) is 4.95. The molecule has 0 aliphatic heterocycles. The molecule has 0 spiro atoms. The highest BCUT2D eigenvalue weighted by Crippen LogP contribution is 2.49. The van der Waals surface area contributed by atoms with Gasteiger partial charge in [-0.2, -0.15) is 0 Å². The van der Waals surface area contributed by atoms with E-state index in [0.717, 1.165) is 11.8 Å². The van der Waals surface area contributed by atoms with E-state index >= 15 is 0 Å². The molecule has 4 nitrogen and oxygen atoms in total. The number of nitrogens with one attached hydrogen (secondary N) is 1. The number of benzene rings is 1. The van der Waals surface area contributed by atoms with Crippen molar-refractivity contribution in [1.29, 1.82) is 0 Å². The van der Waals surface area contributed by atoms with Crippen molar-refractivity contribution in [3.63, 3.8) is 0 Å². The van der Waals surface area contributed by atoms with E-state index in [2.05, 4.69) is 12.2 Å². The Morgan fingerprint density at radius 2 is 2.09 bits per heavy atom. The fraction of sp³-hybridized carbons (Fsp3) is 0.556. The molecule has 0 unspecified atom stereocenters. The van der Waals surface area contributed by atoms with Gasteiger partial charge in [0.1, 0.15) is 0 Å². The molecule has 0 heterocycles. The molecule has 2 aliphatic rings. The lowest BCUT2D eigenvalue weighted by molar-refractivity contribution is -0.119. The summed E-state index contributed by atoms with van der Waals surface area (Å²) in [5, 5.41) is 12.3. The van der Waals surface area contributed by atoms with Gasteiger partial charge in [0.25, 0.3) is 0 Å². The van der Waals surface area contributed by atoms with Crippen molar-refractivity contribution >= 4 is 23.6 Å². The summed E-state index contributed by atoms with van der Waals surface area (Å²) < 4.78 is 0. The van der Waals surface area contributed by atoms with Gasteiger partial charge in [0.2, 0.25) is 5.91 Å². The Morgan fingerprint density at radius 3 is 2.74 bits per heavy atom. The topological polar surface area (TPSA) is 66.4 Å². The van der Waals surface area contributed by atoms with Crippen molar-refractivity contribution in [2.75, 3.05) is 5.75 Å². The zero-order valence-electron chi connectivity index (χ0n) is 13.3. The Morgan fingerprint density at radius 1 is 1.30 bits per heavy atom. The van der Waals surface area contributed by atoms with E-state index in [0.29, 0.717) is 10.8 Å². The van der Waals surface area contributed by atoms with Crippen LogP contribution < -0.4 is 5.32 Å². The molecule has 2 fully saturated rings. The summed E-state index contributed by atoms with van der Waals surface area (Å²) in [6, 6.07) is 7.03. The third kappa shape index (κ3) is 3.71. The molecule has 2 bridgehead atoms.